The molecule has 0 fully saturated rings. The highest BCUT2D eigenvalue weighted by atomic mass is 35.5. The summed E-state index contributed by atoms with van der Waals surface area (Å²) in [5.74, 6) is -0.352. The minimum absolute atomic E-state index is 0.243. The van der Waals surface area contributed by atoms with Gasteiger partial charge in [0.2, 0.25) is 5.91 Å². The molecule has 3 N–H and O–H groups in total. The maximum absolute atomic E-state index is 12.8. The van der Waals surface area contributed by atoms with E-state index in [-0.39, 0.29) is 6.54 Å². The van der Waals surface area contributed by atoms with E-state index in [1.165, 1.54) is 37.4 Å². The second-order valence-corrected chi connectivity index (χ2v) is 5.12. The number of ether oxygens (including phenoxy) is 1. The third-order valence-corrected chi connectivity index (χ3v) is 3.24. The molecule has 0 aliphatic carbocycles. The molecule has 0 atom stereocenters. The molecule has 0 saturated heterocycles. The summed E-state index contributed by atoms with van der Waals surface area (Å²) >= 11 is 5.95. The first kappa shape index (κ1) is 17.6. The lowest BCUT2D eigenvalue weighted by Gasteiger charge is -2.10. The van der Waals surface area contributed by atoms with Crippen LogP contribution in [0.15, 0.2) is 42.5 Å². The number of carbonyl (C=O) groups is 2. The summed E-state index contributed by atoms with van der Waals surface area (Å²) < 4.78 is 17.8. The summed E-state index contributed by atoms with van der Waals surface area (Å²) in [6.07, 6.45) is 0. The van der Waals surface area contributed by atoms with Gasteiger partial charge in [0.15, 0.2) is 0 Å². The van der Waals surface area contributed by atoms with Crippen LogP contribution in [0, 0.1) is 5.82 Å². The number of hydrogen-bond acceptors (Lipinski definition) is 3. The molecule has 0 unspecified atom stereocenters. The molecule has 0 aliphatic heterocycles. The average Bonchev–Trinajstić information content (AvgIpc) is 2.55. The third kappa shape index (κ3) is 5.13. The largest absolute Gasteiger partial charge is 0.495 e. The second kappa shape index (κ2) is 8.16. The molecule has 2 aromatic rings. The van der Waals surface area contributed by atoms with Gasteiger partial charge in [-0.3, -0.25) is 4.79 Å². The first-order valence-electron chi connectivity index (χ1n) is 6.92. The van der Waals surface area contributed by atoms with Gasteiger partial charge in [0, 0.05) is 11.4 Å². The van der Waals surface area contributed by atoms with Crippen molar-refractivity contribution < 1.29 is 18.7 Å². The molecule has 3 amide bonds. The van der Waals surface area contributed by atoms with Crippen molar-refractivity contribution in [2.24, 2.45) is 0 Å². The van der Waals surface area contributed by atoms with E-state index in [4.69, 9.17) is 16.3 Å². The molecule has 0 radical (unpaired) electrons. The molecule has 126 valence electrons. The number of carbonyl (C=O) groups excluding carboxylic acids is 2. The quantitative estimate of drug-likeness (QED) is 0.773. The Labute approximate surface area is 143 Å². The van der Waals surface area contributed by atoms with Crippen LogP contribution in [0.4, 0.5) is 20.6 Å². The minimum atomic E-state index is -0.564. The van der Waals surface area contributed by atoms with Gasteiger partial charge in [-0.2, -0.15) is 0 Å². The fourth-order valence-electron chi connectivity index (χ4n) is 1.82. The van der Waals surface area contributed by atoms with Crippen LogP contribution in [0.25, 0.3) is 0 Å². The monoisotopic (exact) mass is 351 g/mol. The van der Waals surface area contributed by atoms with Gasteiger partial charge < -0.3 is 20.7 Å². The summed E-state index contributed by atoms with van der Waals surface area (Å²) in [5, 5.41) is 7.82. The van der Waals surface area contributed by atoms with Crippen LogP contribution in [0.5, 0.6) is 5.75 Å². The molecule has 0 aromatic heterocycles. The predicted octanol–water partition coefficient (Wildman–Crippen LogP) is 3.25. The molecule has 0 spiro atoms. The summed E-state index contributed by atoms with van der Waals surface area (Å²) in [4.78, 5) is 23.5. The number of hydrogen-bond donors (Lipinski definition) is 3. The Hall–Kier alpha value is -2.80. The second-order valence-electron chi connectivity index (χ2n) is 4.71. The number of anilines is 2. The number of urea groups is 1. The first-order valence-corrected chi connectivity index (χ1v) is 7.29. The lowest BCUT2D eigenvalue weighted by Crippen LogP contribution is -2.35. The van der Waals surface area contributed by atoms with Crippen LogP contribution in [-0.4, -0.2) is 25.6 Å². The third-order valence-electron chi connectivity index (χ3n) is 2.95. The van der Waals surface area contributed by atoms with E-state index < -0.39 is 17.8 Å². The van der Waals surface area contributed by atoms with Crippen molar-refractivity contribution in [3.05, 3.63) is 53.3 Å². The van der Waals surface area contributed by atoms with Gasteiger partial charge in [-0.25, -0.2) is 9.18 Å². The van der Waals surface area contributed by atoms with Crippen molar-refractivity contribution in [3.63, 3.8) is 0 Å². The van der Waals surface area contributed by atoms with Crippen molar-refractivity contribution in [1.29, 1.82) is 0 Å². The minimum Gasteiger partial charge on any atom is -0.495 e. The van der Waals surface area contributed by atoms with Crippen molar-refractivity contribution in [1.82, 2.24) is 5.32 Å². The molecule has 0 saturated carbocycles. The lowest BCUT2D eigenvalue weighted by molar-refractivity contribution is -0.115. The molecular formula is C16H15ClFN3O3. The SMILES string of the molecule is COc1ccc(NC(=O)NCC(=O)Nc2ccc(F)cc2)cc1Cl. The highest BCUT2D eigenvalue weighted by Gasteiger charge is 2.08. The van der Waals surface area contributed by atoms with E-state index in [9.17, 15) is 14.0 Å². The molecule has 2 rings (SSSR count). The fourth-order valence-corrected chi connectivity index (χ4v) is 2.08. The number of amides is 3. The number of benzene rings is 2. The molecule has 0 heterocycles. The fraction of sp³-hybridized carbons (Fsp3) is 0.125. The lowest BCUT2D eigenvalue weighted by atomic mass is 10.3. The molecule has 0 aliphatic rings. The summed E-state index contributed by atoms with van der Waals surface area (Å²) in [6.45, 7) is -0.243. The van der Waals surface area contributed by atoms with E-state index >= 15 is 0 Å². The number of rotatable bonds is 5. The predicted molar refractivity (Wildman–Crippen MR) is 90.1 cm³/mol. The molecule has 2 aromatic carbocycles. The first-order chi connectivity index (χ1) is 11.5. The van der Waals surface area contributed by atoms with Gasteiger partial charge in [-0.1, -0.05) is 11.6 Å². The standard InChI is InChI=1S/C16H15ClFN3O3/c1-24-14-7-6-12(8-13(14)17)21-16(23)19-9-15(22)20-11-4-2-10(18)3-5-11/h2-8H,9H2,1H3,(H,20,22)(H2,19,21,23). The Kier molecular flexibility index (Phi) is 5.97. The van der Waals surface area contributed by atoms with Crippen molar-refractivity contribution >= 4 is 34.9 Å². The normalized spacial score (nSPS) is 9.96. The number of halogens is 2. The zero-order valence-corrected chi connectivity index (χ0v) is 13.5. The van der Waals surface area contributed by atoms with Crippen molar-refractivity contribution in [3.8, 4) is 5.75 Å². The Morgan fingerprint density at radius 3 is 2.38 bits per heavy atom. The van der Waals surface area contributed by atoms with Gasteiger partial charge in [0.05, 0.1) is 18.7 Å². The van der Waals surface area contributed by atoms with Gasteiger partial charge in [-0.15, -0.1) is 0 Å². The Morgan fingerprint density at radius 1 is 1.08 bits per heavy atom. The highest BCUT2D eigenvalue weighted by Crippen LogP contribution is 2.27. The van der Waals surface area contributed by atoms with Gasteiger partial charge in [0.1, 0.15) is 11.6 Å². The van der Waals surface area contributed by atoms with Gasteiger partial charge >= 0.3 is 6.03 Å². The summed E-state index contributed by atoms with van der Waals surface area (Å²) in [5.41, 5.74) is 0.891. The highest BCUT2D eigenvalue weighted by molar-refractivity contribution is 6.32. The molecule has 24 heavy (non-hydrogen) atoms. The van der Waals surface area contributed by atoms with Gasteiger partial charge in [-0.05, 0) is 42.5 Å². The maximum Gasteiger partial charge on any atom is 0.319 e. The summed E-state index contributed by atoms with van der Waals surface area (Å²) in [6, 6.07) is 9.48. The van der Waals surface area contributed by atoms with E-state index in [0.29, 0.717) is 22.1 Å². The Balaban J connectivity index is 1.81. The average molecular weight is 352 g/mol. The zero-order chi connectivity index (χ0) is 17.5. The van der Waals surface area contributed by atoms with Crippen LogP contribution in [-0.2, 0) is 4.79 Å². The van der Waals surface area contributed by atoms with E-state index in [1.54, 1.807) is 12.1 Å². The number of methoxy groups -OCH3 is 1. The van der Waals surface area contributed by atoms with Gasteiger partial charge in [0.25, 0.3) is 0 Å². The van der Waals surface area contributed by atoms with Crippen molar-refractivity contribution in [2.45, 2.75) is 0 Å². The molecular weight excluding hydrogens is 337 g/mol. The van der Waals surface area contributed by atoms with Crippen LogP contribution < -0.4 is 20.7 Å². The van der Waals surface area contributed by atoms with Crippen LogP contribution in [0.1, 0.15) is 0 Å². The van der Waals surface area contributed by atoms with E-state index in [0.717, 1.165) is 0 Å². The Morgan fingerprint density at radius 2 is 1.75 bits per heavy atom. The van der Waals surface area contributed by atoms with Crippen LogP contribution in [0.2, 0.25) is 5.02 Å². The summed E-state index contributed by atoms with van der Waals surface area (Å²) in [7, 11) is 1.49. The zero-order valence-electron chi connectivity index (χ0n) is 12.7. The molecule has 0 bridgehead atoms. The maximum atomic E-state index is 12.8. The molecule has 8 heteroatoms. The van der Waals surface area contributed by atoms with Crippen molar-refractivity contribution in [2.75, 3.05) is 24.3 Å². The van der Waals surface area contributed by atoms with Crippen LogP contribution >= 0.6 is 11.6 Å². The topological polar surface area (TPSA) is 79.5 Å². The van der Waals surface area contributed by atoms with E-state index in [2.05, 4.69) is 16.0 Å². The Bertz CT molecular complexity index is 738. The molecule has 6 nitrogen and oxygen atoms in total. The van der Waals surface area contributed by atoms with Crippen LogP contribution in [0.3, 0.4) is 0 Å². The number of nitrogens with one attached hydrogen (secondary N) is 3. The van der Waals surface area contributed by atoms with E-state index in [1.807, 2.05) is 0 Å². The smallest absolute Gasteiger partial charge is 0.319 e.